The summed E-state index contributed by atoms with van der Waals surface area (Å²) in [6, 6.07) is 6.22. The van der Waals surface area contributed by atoms with Crippen molar-refractivity contribution in [1.29, 1.82) is 0 Å². The Morgan fingerprint density at radius 2 is 2.00 bits per heavy atom. The second kappa shape index (κ2) is 3.98. The van der Waals surface area contributed by atoms with E-state index in [1.54, 1.807) is 12.1 Å². The summed E-state index contributed by atoms with van der Waals surface area (Å²) in [6.45, 7) is 2.03. The second-order valence-corrected chi connectivity index (χ2v) is 4.30. The molecule has 2 rings (SSSR count). The molecule has 0 atom stereocenters. The van der Waals surface area contributed by atoms with Crippen LogP contribution in [0.1, 0.15) is 11.9 Å². The molecule has 1 heterocycles. The molecule has 0 aliphatic rings. The molecular weight excluding hydrogens is 211 g/mol. The molecule has 0 spiro atoms. The zero-order valence-electron chi connectivity index (χ0n) is 8.33. The van der Waals surface area contributed by atoms with Gasteiger partial charge in [0, 0.05) is 5.56 Å². The van der Waals surface area contributed by atoms with Crippen LogP contribution in [0.5, 0.6) is 0 Å². The van der Waals surface area contributed by atoms with Gasteiger partial charge in [0.1, 0.15) is 16.5 Å². The average molecular weight is 222 g/mol. The molecule has 0 aliphatic carbocycles. The number of aromatic nitrogens is 1. The van der Waals surface area contributed by atoms with Crippen molar-refractivity contribution in [2.45, 2.75) is 13.3 Å². The normalized spacial score (nSPS) is 10.5. The second-order valence-electron chi connectivity index (χ2n) is 3.18. The summed E-state index contributed by atoms with van der Waals surface area (Å²) >= 11 is 1.49. The van der Waals surface area contributed by atoms with E-state index in [-0.39, 0.29) is 5.82 Å². The van der Waals surface area contributed by atoms with Gasteiger partial charge in [0.05, 0.1) is 5.01 Å². The molecular formula is C11H11FN2S. The van der Waals surface area contributed by atoms with Crippen LogP contribution in [0.2, 0.25) is 0 Å². The number of nitrogens with two attached hydrogens (primary N) is 1. The van der Waals surface area contributed by atoms with Crippen molar-refractivity contribution >= 4 is 16.3 Å². The molecule has 78 valence electrons. The first-order valence-electron chi connectivity index (χ1n) is 4.72. The van der Waals surface area contributed by atoms with Gasteiger partial charge < -0.3 is 5.73 Å². The lowest BCUT2D eigenvalue weighted by atomic mass is 10.1. The first-order valence-corrected chi connectivity index (χ1v) is 5.53. The van der Waals surface area contributed by atoms with Gasteiger partial charge in [-0.25, -0.2) is 9.37 Å². The number of anilines is 1. The molecule has 2 N–H and O–H groups in total. The molecule has 0 bridgehead atoms. The van der Waals surface area contributed by atoms with Gasteiger partial charge in [0.15, 0.2) is 0 Å². The van der Waals surface area contributed by atoms with E-state index >= 15 is 0 Å². The van der Waals surface area contributed by atoms with Crippen LogP contribution < -0.4 is 5.73 Å². The van der Waals surface area contributed by atoms with E-state index in [0.717, 1.165) is 22.7 Å². The van der Waals surface area contributed by atoms with Gasteiger partial charge in [-0.15, -0.1) is 11.3 Å². The predicted molar refractivity (Wildman–Crippen MR) is 61.3 cm³/mol. The fraction of sp³-hybridized carbons (Fsp3) is 0.182. The van der Waals surface area contributed by atoms with Crippen molar-refractivity contribution in [2.24, 2.45) is 0 Å². The van der Waals surface area contributed by atoms with E-state index in [1.807, 2.05) is 6.92 Å². The molecule has 0 radical (unpaired) electrons. The Morgan fingerprint density at radius 3 is 2.53 bits per heavy atom. The highest BCUT2D eigenvalue weighted by molar-refractivity contribution is 7.16. The van der Waals surface area contributed by atoms with Crippen molar-refractivity contribution < 1.29 is 4.39 Å². The Bertz CT molecular complexity index is 462. The summed E-state index contributed by atoms with van der Waals surface area (Å²) in [5.41, 5.74) is 7.48. The third-order valence-corrected chi connectivity index (χ3v) is 3.15. The first-order chi connectivity index (χ1) is 7.20. The quantitative estimate of drug-likeness (QED) is 0.848. The van der Waals surface area contributed by atoms with Crippen LogP contribution in [0.15, 0.2) is 24.3 Å². The van der Waals surface area contributed by atoms with Gasteiger partial charge in [0.25, 0.3) is 0 Å². The summed E-state index contributed by atoms with van der Waals surface area (Å²) in [5, 5.41) is 1.70. The topological polar surface area (TPSA) is 38.9 Å². The van der Waals surface area contributed by atoms with E-state index < -0.39 is 0 Å². The number of benzene rings is 1. The van der Waals surface area contributed by atoms with Gasteiger partial charge in [-0.3, -0.25) is 0 Å². The van der Waals surface area contributed by atoms with Crippen molar-refractivity contribution in [3.63, 3.8) is 0 Å². The Hall–Kier alpha value is -1.42. The van der Waals surface area contributed by atoms with E-state index in [9.17, 15) is 4.39 Å². The third-order valence-electron chi connectivity index (χ3n) is 2.12. The maximum absolute atomic E-state index is 12.7. The van der Waals surface area contributed by atoms with Crippen LogP contribution in [-0.2, 0) is 6.42 Å². The van der Waals surface area contributed by atoms with Crippen molar-refractivity contribution in [2.75, 3.05) is 5.73 Å². The Kier molecular flexibility index (Phi) is 2.68. The van der Waals surface area contributed by atoms with Crippen LogP contribution in [0.25, 0.3) is 11.3 Å². The largest absolute Gasteiger partial charge is 0.389 e. The molecule has 0 saturated heterocycles. The van der Waals surface area contributed by atoms with E-state index in [0.29, 0.717) is 5.00 Å². The Morgan fingerprint density at radius 1 is 1.33 bits per heavy atom. The lowest BCUT2D eigenvalue weighted by Gasteiger charge is -1.97. The smallest absolute Gasteiger partial charge is 0.123 e. The number of hydrogen-bond donors (Lipinski definition) is 1. The molecule has 1 aromatic carbocycles. The maximum Gasteiger partial charge on any atom is 0.123 e. The highest BCUT2D eigenvalue weighted by Gasteiger charge is 2.09. The predicted octanol–water partition coefficient (Wildman–Crippen LogP) is 3.09. The van der Waals surface area contributed by atoms with Gasteiger partial charge in [-0.2, -0.15) is 0 Å². The molecule has 0 saturated carbocycles. The summed E-state index contributed by atoms with van der Waals surface area (Å²) in [7, 11) is 0. The Labute approximate surface area is 91.6 Å². The number of hydrogen-bond acceptors (Lipinski definition) is 3. The third kappa shape index (κ3) is 1.99. The van der Waals surface area contributed by atoms with Crippen LogP contribution in [0, 0.1) is 5.82 Å². The summed E-state index contributed by atoms with van der Waals surface area (Å²) < 4.78 is 12.7. The maximum atomic E-state index is 12.7. The van der Waals surface area contributed by atoms with E-state index in [2.05, 4.69) is 4.98 Å². The van der Waals surface area contributed by atoms with Crippen molar-refractivity contribution in [3.8, 4) is 11.3 Å². The summed E-state index contributed by atoms with van der Waals surface area (Å²) in [6.07, 6.45) is 0.871. The van der Waals surface area contributed by atoms with Gasteiger partial charge >= 0.3 is 0 Å². The van der Waals surface area contributed by atoms with Crippen molar-refractivity contribution in [3.05, 3.63) is 35.1 Å². The number of nitrogens with zero attached hydrogens (tertiary/aromatic N) is 1. The number of aryl methyl sites for hydroxylation is 1. The molecule has 0 fully saturated rings. The SMILES string of the molecule is CCc1nc(-c2ccc(F)cc2)c(N)s1. The van der Waals surface area contributed by atoms with Crippen LogP contribution in [-0.4, -0.2) is 4.98 Å². The zero-order valence-corrected chi connectivity index (χ0v) is 9.14. The molecule has 2 nitrogen and oxygen atoms in total. The first kappa shape index (κ1) is 10.1. The van der Waals surface area contributed by atoms with Crippen LogP contribution in [0.3, 0.4) is 0 Å². The van der Waals surface area contributed by atoms with Gasteiger partial charge in [-0.1, -0.05) is 6.92 Å². The molecule has 2 aromatic rings. The fourth-order valence-corrected chi connectivity index (χ4v) is 2.14. The number of thiazole rings is 1. The molecule has 0 amide bonds. The van der Waals surface area contributed by atoms with Gasteiger partial charge in [-0.05, 0) is 30.7 Å². The van der Waals surface area contributed by atoms with E-state index in [1.165, 1.54) is 23.5 Å². The van der Waals surface area contributed by atoms with Crippen molar-refractivity contribution in [1.82, 2.24) is 4.98 Å². The highest BCUT2D eigenvalue weighted by atomic mass is 32.1. The molecule has 0 aliphatic heterocycles. The standard InChI is InChI=1S/C11H11FN2S/c1-2-9-14-10(11(13)15-9)7-3-5-8(12)6-4-7/h3-6H,2,13H2,1H3. The lowest BCUT2D eigenvalue weighted by molar-refractivity contribution is 0.628. The minimum atomic E-state index is -0.247. The monoisotopic (exact) mass is 222 g/mol. The molecule has 0 unspecified atom stereocenters. The number of nitrogen functional groups attached to an aromatic ring is 1. The van der Waals surface area contributed by atoms with Crippen LogP contribution >= 0.6 is 11.3 Å². The highest BCUT2D eigenvalue weighted by Crippen LogP contribution is 2.30. The minimum Gasteiger partial charge on any atom is -0.389 e. The number of halogens is 1. The summed E-state index contributed by atoms with van der Waals surface area (Å²) in [4.78, 5) is 4.40. The van der Waals surface area contributed by atoms with Gasteiger partial charge in [0.2, 0.25) is 0 Å². The fourth-order valence-electron chi connectivity index (χ4n) is 1.34. The number of rotatable bonds is 2. The average Bonchev–Trinajstić information content (AvgIpc) is 2.61. The Balaban J connectivity index is 2.44. The summed E-state index contributed by atoms with van der Waals surface area (Å²) in [5.74, 6) is -0.247. The minimum absolute atomic E-state index is 0.247. The molecule has 1 aromatic heterocycles. The molecule has 15 heavy (non-hydrogen) atoms. The zero-order chi connectivity index (χ0) is 10.8. The lowest BCUT2D eigenvalue weighted by Crippen LogP contribution is -1.86. The molecule has 4 heteroatoms. The van der Waals surface area contributed by atoms with Crippen LogP contribution in [0.4, 0.5) is 9.39 Å². The van der Waals surface area contributed by atoms with E-state index in [4.69, 9.17) is 5.73 Å².